The molecule has 1 aliphatic heterocycles. The molecule has 1 saturated heterocycles. The Hall–Kier alpha value is -3.56. The summed E-state index contributed by atoms with van der Waals surface area (Å²) >= 11 is 0. The zero-order chi connectivity index (χ0) is 20.6. The van der Waals surface area contributed by atoms with Crippen LogP contribution in [0.5, 0.6) is 0 Å². The standard InChI is InChI=1S/C19H19F2N7O/c20-19(21)4-7-27(8-5-19)17(29)13-9-12-3-6-28(16(12)25-10-13)14-1-2-15(24-11-14)26-18(22)23/h1-3,6,9-11H,4-5,7-8H2,(H4,22,23,24,26). The Morgan fingerprint density at radius 3 is 2.52 bits per heavy atom. The molecule has 4 N–H and O–H groups in total. The minimum atomic E-state index is -2.69. The Kier molecular flexibility index (Phi) is 4.61. The minimum Gasteiger partial charge on any atom is -0.370 e. The summed E-state index contributed by atoms with van der Waals surface area (Å²) in [6.45, 7) is 0.0807. The van der Waals surface area contributed by atoms with Crippen molar-refractivity contribution in [3.8, 4) is 5.69 Å². The lowest BCUT2D eigenvalue weighted by Crippen LogP contribution is -2.42. The van der Waals surface area contributed by atoms with Gasteiger partial charge in [0.2, 0.25) is 0 Å². The van der Waals surface area contributed by atoms with E-state index in [0.717, 1.165) is 11.1 Å². The van der Waals surface area contributed by atoms with Crippen LogP contribution in [0.15, 0.2) is 47.8 Å². The van der Waals surface area contributed by atoms with E-state index >= 15 is 0 Å². The number of piperidine rings is 1. The van der Waals surface area contributed by atoms with Crippen molar-refractivity contribution in [2.45, 2.75) is 18.8 Å². The number of pyridine rings is 2. The number of amides is 1. The Bertz CT molecular complexity index is 1080. The van der Waals surface area contributed by atoms with Gasteiger partial charge in [-0.05, 0) is 24.3 Å². The van der Waals surface area contributed by atoms with E-state index in [1.807, 2.05) is 16.8 Å². The van der Waals surface area contributed by atoms with Gasteiger partial charge in [0, 0.05) is 43.7 Å². The predicted molar refractivity (Wildman–Crippen MR) is 104 cm³/mol. The van der Waals surface area contributed by atoms with E-state index < -0.39 is 5.92 Å². The van der Waals surface area contributed by atoms with Gasteiger partial charge in [-0.3, -0.25) is 9.36 Å². The highest BCUT2D eigenvalue weighted by Crippen LogP contribution is 2.29. The van der Waals surface area contributed by atoms with Crippen LogP contribution in [0.1, 0.15) is 23.2 Å². The molecule has 0 aromatic carbocycles. The maximum Gasteiger partial charge on any atom is 0.255 e. The van der Waals surface area contributed by atoms with Crippen molar-refractivity contribution in [3.05, 3.63) is 48.4 Å². The number of likely N-dealkylation sites (tertiary alicyclic amines) is 1. The lowest BCUT2D eigenvalue weighted by atomic mass is 10.1. The van der Waals surface area contributed by atoms with Gasteiger partial charge in [0.1, 0.15) is 5.65 Å². The second kappa shape index (κ2) is 7.12. The molecule has 8 nitrogen and oxygen atoms in total. The summed E-state index contributed by atoms with van der Waals surface area (Å²) in [5, 5.41) is 0.756. The number of carbonyl (C=O) groups excluding carboxylic acids is 1. The third-order valence-corrected chi connectivity index (χ3v) is 4.81. The molecule has 3 aromatic rings. The van der Waals surface area contributed by atoms with Crippen LogP contribution in [-0.4, -0.2) is 50.3 Å². The van der Waals surface area contributed by atoms with E-state index in [1.165, 1.54) is 11.1 Å². The number of aliphatic imine (C=N–C) groups is 1. The fourth-order valence-electron chi connectivity index (χ4n) is 3.29. The summed E-state index contributed by atoms with van der Waals surface area (Å²) in [6.07, 6.45) is 4.26. The van der Waals surface area contributed by atoms with Crippen LogP contribution in [0, 0.1) is 0 Å². The van der Waals surface area contributed by atoms with E-state index in [0.29, 0.717) is 17.0 Å². The topological polar surface area (TPSA) is 115 Å². The number of aromatic nitrogens is 3. The molecule has 29 heavy (non-hydrogen) atoms. The number of nitrogens with two attached hydrogens (primary N) is 2. The lowest BCUT2D eigenvalue weighted by molar-refractivity contribution is -0.0494. The number of rotatable bonds is 3. The third-order valence-electron chi connectivity index (χ3n) is 4.81. The van der Waals surface area contributed by atoms with Gasteiger partial charge in [-0.25, -0.2) is 18.7 Å². The van der Waals surface area contributed by atoms with Gasteiger partial charge in [-0.1, -0.05) is 0 Å². The Morgan fingerprint density at radius 1 is 1.10 bits per heavy atom. The number of fused-ring (bicyclic) bond motifs is 1. The molecule has 0 radical (unpaired) electrons. The first-order valence-corrected chi connectivity index (χ1v) is 9.03. The lowest BCUT2D eigenvalue weighted by Gasteiger charge is -2.31. The smallest absolute Gasteiger partial charge is 0.255 e. The van der Waals surface area contributed by atoms with Crippen LogP contribution < -0.4 is 11.5 Å². The fourth-order valence-corrected chi connectivity index (χ4v) is 3.29. The zero-order valence-corrected chi connectivity index (χ0v) is 15.4. The van der Waals surface area contributed by atoms with E-state index in [1.54, 1.807) is 24.4 Å². The highest BCUT2D eigenvalue weighted by molar-refractivity contribution is 5.97. The van der Waals surface area contributed by atoms with Crippen molar-refractivity contribution in [2.75, 3.05) is 13.1 Å². The molecule has 4 rings (SSSR count). The molecule has 150 valence electrons. The molecule has 1 aliphatic rings. The quantitative estimate of drug-likeness (QED) is 0.517. The van der Waals surface area contributed by atoms with Gasteiger partial charge in [0.15, 0.2) is 11.8 Å². The van der Waals surface area contributed by atoms with Crippen molar-refractivity contribution < 1.29 is 13.6 Å². The number of hydrogen-bond donors (Lipinski definition) is 2. The van der Waals surface area contributed by atoms with Gasteiger partial charge in [-0.15, -0.1) is 0 Å². The maximum absolute atomic E-state index is 13.3. The van der Waals surface area contributed by atoms with Crippen molar-refractivity contribution in [2.24, 2.45) is 16.5 Å². The van der Waals surface area contributed by atoms with Crippen LogP contribution in [0.3, 0.4) is 0 Å². The molecule has 0 unspecified atom stereocenters. The maximum atomic E-state index is 13.3. The first kappa shape index (κ1) is 18.8. The summed E-state index contributed by atoms with van der Waals surface area (Å²) in [4.78, 5) is 26.6. The normalized spacial score (nSPS) is 16.0. The molecule has 0 bridgehead atoms. The molecule has 4 heterocycles. The van der Waals surface area contributed by atoms with Gasteiger partial charge in [0.25, 0.3) is 11.8 Å². The molecular formula is C19H19F2N7O. The van der Waals surface area contributed by atoms with E-state index in [9.17, 15) is 13.6 Å². The van der Waals surface area contributed by atoms with Crippen LogP contribution in [0.25, 0.3) is 16.7 Å². The highest BCUT2D eigenvalue weighted by atomic mass is 19.3. The van der Waals surface area contributed by atoms with Crippen molar-refractivity contribution in [3.63, 3.8) is 0 Å². The van der Waals surface area contributed by atoms with Gasteiger partial charge in [0.05, 0.1) is 17.4 Å². The number of hydrogen-bond acceptors (Lipinski definition) is 4. The van der Waals surface area contributed by atoms with Crippen molar-refractivity contribution in [1.29, 1.82) is 0 Å². The number of nitrogens with zero attached hydrogens (tertiary/aromatic N) is 5. The largest absolute Gasteiger partial charge is 0.370 e. The summed E-state index contributed by atoms with van der Waals surface area (Å²) in [6, 6.07) is 7.01. The third kappa shape index (κ3) is 3.86. The Balaban J connectivity index is 1.58. The molecule has 0 atom stereocenters. The number of alkyl halides is 2. The highest BCUT2D eigenvalue weighted by Gasteiger charge is 2.35. The number of carbonyl (C=O) groups is 1. The number of guanidine groups is 1. The fraction of sp³-hybridized carbons (Fsp3) is 0.263. The average Bonchev–Trinajstić information content (AvgIpc) is 3.11. The predicted octanol–water partition coefficient (Wildman–Crippen LogP) is 2.20. The van der Waals surface area contributed by atoms with Crippen LogP contribution in [-0.2, 0) is 0 Å². The molecular weight excluding hydrogens is 380 g/mol. The zero-order valence-electron chi connectivity index (χ0n) is 15.4. The van der Waals surface area contributed by atoms with Crippen molar-refractivity contribution in [1.82, 2.24) is 19.4 Å². The first-order valence-electron chi connectivity index (χ1n) is 9.03. The summed E-state index contributed by atoms with van der Waals surface area (Å²) in [7, 11) is 0. The van der Waals surface area contributed by atoms with E-state index in [2.05, 4.69) is 15.0 Å². The second-order valence-electron chi connectivity index (χ2n) is 6.88. The molecule has 0 saturated carbocycles. The molecule has 3 aromatic heterocycles. The van der Waals surface area contributed by atoms with Crippen molar-refractivity contribution >= 4 is 28.7 Å². The van der Waals surface area contributed by atoms with Crippen LogP contribution in [0.4, 0.5) is 14.6 Å². The Morgan fingerprint density at radius 2 is 1.86 bits per heavy atom. The van der Waals surface area contributed by atoms with E-state index in [4.69, 9.17) is 11.5 Å². The molecule has 1 fully saturated rings. The second-order valence-corrected chi connectivity index (χ2v) is 6.88. The van der Waals surface area contributed by atoms with Crippen LogP contribution in [0.2, 0.25) is 0 Å². The average molecular weight is 399 g/mol. The number of halogens is 2. The molecule has 0 aliphatic carbocycles. The molecule has 10 heteroatoms. The van der Waals surface area contributed by atoms with E-state index in [-0.39, 0.29) is 37.8 Å². The monoisotopic (exact) mass is 399 g/mol. The first-order chi connectivity index (χ1) is 13.8. The molecule has 0 spiro atoms. The van der Waals surface area contributed by atoms with Gasteiger partial charge < -0.3 is 16.4 Å². The summed E-state index contributed by atoms with van der Waals surface area (Å²) in [5.41, 5.74) is 12.5. The summed E-state index contributed by atoms with van der Waals surface area (Å²) < 4.78 is 28.5. The minimum absolute atomic E-state index is 0.0404. The van der Waals surface area contributed by atoms with Gasteiger partial charge in [-0.2, -0.15) is 4.99 Å². The Labute approximate surface area is 164 Å². The van der Waals surface area contributed by atoms with Gasteiger partial charge >= 0.3 is 0 Å². The molecule has 1 amide bonds. The van der Waals surface area contributed by atoms with Crippen LogP contribution >= 0.6 is 0 Å². The summed E-state index contributed by atoms with van der Waals surface area (Å²) in [5.74, 6) is -2.67. The SMILES string of the molecule is NC(N)=Nc1ccc(-n2ccc3cc(C(=O)N4CCC(F)(F)CC4)cnc32)cn1.